The first-order chi connectivity index (χ1) is 11.5. The van der Waals surface area contributed by atoms with Crippen LogP contribution in [-0.2, 0) is 6.42 Å². The number of aryl methyl sites for hydroxylation is 1. The normalized spacial score (nSPS) is 12.0. The molecular weight excluding hydrogens is 314 g/mol. The minimum atomic E-state index is -2.84. The molecule has 6 heteroatoms. The first-order valence-corrected chi connectivity index (χ1v) is 7.74. The van der Waals surface area contributed by atoms with Crippen LogP contribution in [-0.4, -0.2) is 23.1 Å². The lowest BCUT2D eigenvalue weighted by Crippen LogP contribution is -2.27. The molecule has 128 valence electrons. The van der Waals surface area contributed by atoms with Gasteiger partial charge in [-0.25, -0.2) is 0 Å². The van der Waals surface area contributed by atoms with Gasteiger partial charge in [-0.1, -0.05) is 18.2 Å². The molecule has 0 saturated carbocycles. The lowest BCUT2D eigenvalue weighted by Gasteiger charge is -2.08. The fourth-order valence-corrected chi connectivity index (χ4v) is 2.22. The molecule has 0 aliphatic carbocycles. The SMILES string of the molecule is CC(C)N=c1ccccn1C(=O)CCc1ccc(OC(F)F)cc1. The molecule has 0 fully saturated rings. The monoisotopic (exact) mass is 334 g/mol. The number of ether oxygens (including phenoxy) is 1. The summed E-state index contributed by atoms with van der Waals surface area (Å²) in [7, 11) is 0. The van der Waals surface area contributed by atoms with Crippen LogP contribution in [0.25, 0.3) is 0 Å². The van der Waals surface area contributed by atoms with E-state index in [1.807, 2.05) is 19.9 Å². The third-order valence-corrected chi connectivity index (χ3v) is 3.27. The van der Waals surface area contributed by atoms with Crippen LogP contribution in [0.3, 0.4) is 0 Å². The molecule has 0 N–H and O–H groups in total. The number of hydrogen-bond acceptors (Lipinski definition) is 3. The first kappa shape index (κ1) is 17.8. The minimum Gasteiger partial charge on any atom is -0.435 e. The molecule has 0 radical (unpaired) electrons. The molecule has 0 atom stereocenters. The van der Waals surface area contributed by atoms with Crippen LogP contribution >= 0.6 is 0 Å². The summed E-state index contributed by atoms with van der Waals surface area (Å²) in [5.74, 6) is 0.0402. The van der Waals surface area contributed by atoms with Crippen molar-refractivity contribution in [3.05, 3.63) is 59.7 Å². The van der Waals surface area contributed by atoms with Gasteiger partial charge in [-0.2, -0.15) is 8.78 Å². The lowest BCUT2D eigenvalue weighted by molar-refractivity contribution is -0.0498. The molecule has 1 aromatic carbocycles. The Balaban J connectivity index is 2.04. The van der Waals surface area contributed by atoms with Crippen LogP contribution in [0.2, 0.25) is 0 Å². The third-order valence-electron chi connectivity index (χ3n) is 3.27. The van der Waals surface area contributed by atoms with E-state index in [0.29, 0.717) is 18.3 Å². The minimum absolute atomic E-state index is 0.0668. The Morgan fingerprint density at radius 2 is 1.88 bits per heavy atom. The van der Waals surface area contributed by atoms with Gasteiger partial charge in [-0.3, -0.25) is 14.4 Å². The second-order valence-electron chi connectivity index (χ2n) is 5.57. The second-order valence-corrected chi connectivity index (χ2v) is 5.57. The third kappa shape index (κ3) is 5.30. The van der Waals surface area contributed by atoms with Crippen molar-refractivity contribution in [3.8, 4) is 5.75 Å². The molecule has 4 nitrogen and oxygen atoms in total. The highest BCUT2D eigenvalue weighted by Crippen LogP contribution is 2.15. The summed E-state index contributed by atoms with van der Waals surface area (Å²) >= 11 is 0. The lowest BCUT2D eigenvalue weighted by atomic mass is 10.1. The Bertz CT molecular complexity index is 737. The number of aromatic nitrogens is 1. The van der Waals surface area contributed by atoms with Crippen LogP contribution < -0.4 is 10.2 Å². The molecule has 0 spiro atoms. The quantitative estimate of drug-likeness (QED) is 0.809. The highest BCUT2D eigenvalue weighted by atomic mass is 19.3. The largest absolute Gasteiger partial charge is 0.435 e. The van der Waals surface area contributed by atoms with Crippen LogP contribution in [0.1, 0.15) is 30.6 Å². The van der Waals surface area contributed by atoms with Gasteiger partial charge in [-0.05, 0) is 50.1 Å². The standard InChI is InChI=1S/C18H20F2N2O2/c1-13(2)21-16-5-3-4-12-22(16)17(23)11-8-14-6-9-15(10-7-14)24-18(19)20/h3-7,9-10,12-13,18H,8,11H2,1-2H3. The zero-order chi connectivity index (χ0) is 17.5. The molecule has 0 bridgehead atoms. The number of halogens is 2. The average Bonchev–Trinajstić information content (AvgIpc) is 2.53. The van der Waals surface area contributed by atoms with Gasteiger partial charge in [0, 0.05) is 18.7 Å². The Morgan fingerprint density at radius 3 is 2.50 bits per heavy atom. The fourth-order valence-electron chi connectivity index (χ4n) is 2.22. The van der Waals surface area contributed by atoms with E-state index in [4.69, 9.17) is 0 Å². The Labute approximate surface area is 139 Å². The predicted molar refractivity (Wildman–Crippen MR) is 87.2 cm³/mol. The second kappa shape index (κ2) is 8.38. The maximum atomic E-state index is 12.4. The number of rotatable bonds is 6. The maximum Gasteiger partial charge on any atom is 0.387 e. The summed E-state index contributed by atoms with van der Waals surface area (Å²) < 4.78 is 30.1. The highest BCUT2D eigenvalue weighted by Gasteiger charge is 2.07. The van der Waals surface area contributed by atoms with Crippen LogP contribution in [0, 0.1) is 0 Å². The molecule has 1 aromatic heterocycles. The topological polar surface area (TPSA) is 43.6 Å². The van der Waals surface area contributed by atoms with Crippen molar-refractivity contribution in [1.82, 2.24) is 4.57 Å². The first-order valence-electron chi connectivity index (χ1n) is 7.74. The van der Waals surface area contributed by atoms with Crippen molar-refractivity contribution in [1.29, 1.82) is 0 Å². The van der Waals surface area contributed by atoms with Gasteiger partial charge in [-0.15, -0.1) is 0 Å². The Morgan fingerprint density at radius 1 is 1.17 bits per heavy atom. The van der Waals surface area contributed by atoms with Crippen molar-refractivity contribution in [3.63, 3.8) is 0 Å². The summed E-state index contributed by atoms with van der Waals surface area (Å²) in [6.07, 6.45) is 2.50. The Hall–Kier alpha value is -2.50. The molecule has 0 aliphatic rings. The number of pyridine rings is 1. The molecule has 2 aromatic rings. The number of carbonyl (C=O) groups is 1. The van der Waals surface area contributed by atoms with E-state index < -0.39 is 6.61 Å². The van der Waals surface area contributed by atoms with Gasteiger partial charge in [0.2, 0.25) is 5.91 Å². The zero-order valence-corrected chi connectivity index (χ0v) is 13.7. The molecule has 24 heavy (non-hydrogen) atoms. The fraction of sp³-hybridized carbons (Fsp3) is 0.333. The molecule has 1 heterocycles. The number of alkyl halides is 2. The van der Waals surface area contributed by atoms with Crippen molar-refractivity contribution in [2.24, 2.45) is 4.99 Å². The van der Waals surface area contributed by atoms with E-state index >= 15 is 0 Å². The van der Waals surface area contributed by atoms with E-state index in [2.05, 4.69) is 9.73 Å². The van der Waals surface area contributed by atoms with Gasteiger partial charge in [0.1, 0.15) is 11.2 Å². The summed E-state index contributed by atoms with van der Waals surface area (Å²) in [6, 6.07) is 11.8. The highest BCUT2D eigenvalue weighted by molar-refractivity contribution is 5.78. The van der Waals surface area contributed by atoms with Crippen LogP contribution in [0.5, 0.6) is 5.75 Å². The summed E-state index contributed by atoms with van der Waals surface area (Å²) in [5.41, 5.74) is 1.50. The van der Waals surface area contributed by atoms with E-state index in [1.165, 1.54) is 16.7 Å². The van der Waals surface area contributed by atoms with E-state index in [9.17, 15) is 13.6 Å². The Kier molecular flexibility index (Phi) is 6.23. The molecular formula is C18H20F2N2O2. The van der Waals surface area contributed by atoms with Gasteiger partial charge in [0.15, 0.2) is 0 Å². The van der Waals surface area contributed by atoms with Crippen molar-refractivity contribution in [2.45, 2.75) is 39.3 Å². The van der Waals surface area contributed by atoms with E-state index in [0.717, 1.165) is 5.56 Å². The van der Waals surface area contributed by atoms with Gasteiger partial charge >= 0.3 is 6.61 Å². The number of nitrogens with zero attached hydrogens (tertiary/aromatic N) is 2. The molecule has 0 saturated heterocycles. The molecule has 0 amide bonds. The van der Waals surface area contributed by atoms with E-state index in [1.54, 1.807) is 30.5 Å². The summed E-state index contributed by atoms with van der Waals surface area (Å²) in [5, 5.41) is 0. The average molecular weight is 334 g/mol. The zero-order valence-electron chi connectivity index (χ0n) is 13.7. The number of hydrogen-bond donors (Lipinski definition) is 0. The summed E-state index contributed by atoms with van der Waals surface area (Å²) in [4.78, 5) is 16.8. The number of carbonyl (C=O) groups excluding carboxylic acids is 1. The molecule has 0 unspecified atom stereocenters. The smallest absolute Gasteiger partial charge is 0.387 e. The van der Waals surface area contributed by atoms with Crippen LogP contribution in [0.4, 0.5) is 8.78 Å². The van der Waals surface area contributed by atoms with Crippen molar-refractivity contribution in [2.75, 3.05) is 0 Å². The predicted octanol–water partition coefficient (Wildman–Crippen LogP) is 3.67. The maximum absolute atomic E-state index is 12.4. The number of benzene rings is 1. The molecule has 2 rings (SSSR count). The van der Waals surface area contributed by atoms with Gasteiger partial charge in [0.05, 0.1) is 0 Å². The van der Waals surface area contributed by atoms with Crippen molar-refractivity contribution < 1.29 is 18.3 Å². The van der Waals surface area contributed by atoms with Gasteiger partial charge < -0.3 is 4.74 Å². The van der Waals surface area contributed by atoms with Crippen molar-refractivity contribution >= 4 is 5.91 Å². The van der Waals surface area contributed by atoms with Gasteiger partial charge in [0.25, 0.3) is 0 Å². The van der Waals surface area contributed by atoms with E-state index in [-0.39, 0.29) is 17.7 Å². The van der Waals surface area contributed by atoms with Crippen LogP contribution in [0.15, 0.2) is 53.7 Å². The summed E-state index contributed by atoms with van der Waals surface area (Å²) in [6.45, 7) is 1.06. The molecule has 0 aliphatic heterocycles.